The number of hydrogen-bond acceptors (Lipinski definition) is 2. The number of nitrogens with zero attached hydrogens (tertiary/aromatic N) is 1. The predicted octanol–water partition coefficient (Wildman–Crippen LogP) is 1.90. The minimum absolute atomic E-state index is 0.0786. The first-order chi connectivity index (χ1) is 7.07. The number of piperidine rings is 1. The molecule has 1 aromatic heterocycles. The van der Waals surface area contributed by atoms with E-state index in [1.54, 1.807) is 0 Å². The van der Waals surface area contributed by atoms with Gasteiger partial charge in [-0.15, -0.1) is 0 Å². The number of hydrogen-bond donors (Lipinski definition) is 2. The van der Waals surface area contributed by atoms with Gasteiger partial charge >= 0.3 is 6.18 Å². The molecule has 1 aliphatic heterocycles. The van der Waals surface area contributed by atoms with Gasteiger partial charge < -0.3 is 10.3 Å². The molecule has 6 heteroatoms. The maximum atomic E-state index is 12.3. The van der Waals surface area contributed by atoms with Crippen LogP contribution >= 0.6 is 0 Å². The number of nitrogens with one attached hydrogen (secondary N) is 2. The maximum Gasteiger partial charge on any atom is 0.432 e. The molecule has 1 aromatic rings. The molecule has 84 valence electrons. The number of rotatable bonds is 1. The van der Waals surface area contributed by atoms with Gasteiger partial charge in [0.25, 0.3) is 0 Å². The van der Waals surface area contributed by atoms with Crippen molar-refractivity contribution in [2.75, 3.05) is 13.1 Å². The quantitative estimate of drug-likeness (QED) is 0.757. The summed E-state index contributed by atoms with van der Waals surface area (Å²) in [6, 6.07) is 0. The van der Waals surface area contributed by atoms with Crippen LogP contribution in [0.1, 0.15) is 30.3 Å². The van der Waals surface area contributed by atoms with Crippen molar-refractivity contribution in [1.29, 1.82) is 0 Å². The first-order valence-electron chi connectivity index (χ1n) is 4.90. The number of halogens is 3. The Bertz CT molecular complexity index is 326. The summed E-state index contributed by atoms with van der Waals surface area (Å²) in [4.78, 5) is 6.14. The van der Waals surface area contributed by atoms with Gasteiger partial charge in [-0.05, 0) is 19.4 Å². The summed E-state index contributed by atoms with van der Waals surface area (Å²) in [7, 11) is 0. The lowest BCUT2D eigenvalue weighted by Crippen LogP contribution is -2.29. The zero-order valence-electron chi connectivity index (χ0n) is 8.06. The van der Waals surface area contributed by atoms with Crippen molar-refractivity contribution in [3.05, 3.63) is 17.7 Å². The van der Waals surface area contributed by atoms with Crippen LogP contribution in [0.15, 0.2) is 6.20 Å². The van der Waals surface area contributed by atoms with Gasteiger partial charge in [0.15, 0.2) is 0 Å². The van der Waals surface area contributed by atoms with Gasteiger partial charge in [0.1, 0.15) is 11.5 Å². The minimum Gasteiger partial charge on any atom is -0.338 e. The fourth-order valence-corrected chi connectivity index (χ4v) is 1.77. The van der Waals surface area contributed by atoms with Gasteiger partial charge in [0, 0.05) is 12.5 Å². The zero-order chi connectivity index (χ0) is 10.9. The van der Waals surface area contributed by atoms with Crippen molar-refractivity contribution in [1.82, 2.24) is 15.3 Å². The van der Waals surface area contributed by atoms with Crippen LogP contribution in [0.3, 0.4) is 0 Å². The SMILES string of the molecule is FC(F)(F)c1cnc([C@H]2CCCNC2)[nH]1. The van der Waals surface area contributed by atoms with E-state index < -0.39 is 11.9 Å². The molecule has 0 unspecified atom stereocenters. The highest BCUT2D eigenvalue weighted by Gasteiger charge is 2.33. The van der Waals surface area contributed by atoms with Gasteiger partial charge in [0.2, 0.25) is 0 Å². The third-order valence-corrected chi connectivity index (χ3v) is 2.58. The van der Waals surface area contributed by atoms with Crippen LogP contribution in [-0.4, -0.2) is 23.1 Å². The highest BCUT2D eigenvalue weighted by Crippen LogP contribution is 2.29. The fourth-order valence-electron chi connectivity index (χ4n) is 1.77. The van der Waals surface area contributed by atoms with E-state index in [1.165, 1.54) is 0 Å². The van der Waals surface area contributed by atoms with Crippen LogP contribution in [0.2, 0.25) is 0 Å². The second-order valence-electron chi connectivity index (χ2n) is 3.72. The molecule has 0 radical (unpaired) electrons. The zero-order valence-corrected chi connectivity index (χ0v) is 8.06. The first kappa shape index (κ1) is 10.5. The van der Waals surface area contributed by atoms with E-state index in [4.69, 9.17) is 0 Å². The van der Waals surface area contributed by atoms with E-state index in [2.05, 4.69) is 15.3 Å². The van der Waals surface area contributed by atoms with Crippen LogP contribution in [0, 0.1) is 0 Å². The summed E-state index contributed by atoms with van der Waals surface area (Å²) in [6.45, 7) is 1.63. The Kier molecular flexibility index (Phi) is 2.68. The Morgan fingerprint density at radius 1 is 1.40 bits per heavy atom. The Balaban J connectivity index is 2.12. The van der Waals surface area contributed by atoms with Crippen molar-refractivity contribution >= 4 is 0 Å². The molecule has 0 spiro atoms. The highest BCUT2D eigenvalue weighted by molar-refractivity contribution is 5.09. The van der Waals surface area contributed by atoms with Crippen LogP contribution in [0.5, 0.6) is 0 Å². The number of H-pyrrole nitrogens is 1. The molecule has 0 saturated carbocycles. The van der Waals surface area contributed by atoms with Crippen LogP contribution in [-0.2, 0) is 6.18 Å². The first-order valence-corrected chi connectivity index (χ1v) is 4.90. The number of aromatic amines is 1. The summed E-state index contributed by atoms with van der Waals surface area (Å²) in [6.07, 6.45) is -1.60. The molecule has 0 aliphatic carbocycles. The number of alkyl halides is 3. The van der Waals surface area contributed by atoms with E-state index in [9.17, 15) is 13.2 Å². The molecule has 2 heterocycles. The normalized spacial score (nSPS) is 23.0. The number of imidazole rings is 1. The molecule has 15 heavy (non-hydrogen) atoms. The molecule has 1 fully saturated rings. The van der Waals surface area contributed by atoms with Crippen LogP contribution in [0.25, 0.3) is 0 Å². The van der Waals surface area contributed by atoms with E-state index in [1.807, 2.05) is 0 Å². The van der Waals surface area contributed by atoms with Crippen LogP contribution in [0.4, 0.5) is 13.2 Å². The van der Waals surface area contributed by atoms with Gasteiger partial charge in [-0.2, -0.15) is 13.2 Å². The van der Waals surface area contributed by atoms with Gasteiger partial charge in [-0.3, -0.25) is 0 Å². The average molecular weight is 219 g/mol. The second-order valence-corrected chi connectivity index (χ2v) is 3.72. The van der Waals surface area contributed by atoms with E-state index in [0.29, 0.717) is 12.4 Å². The summed E-state index contributed by atoms with van der Waals surface area (Å²) in [5, 5.41) is 3.14. The summed E-state index contributed by atoms with van der Waals surface area (Å²) >= 11 is 0. The molecule has 1 saturated heterocycles. The van der Waals surface area contributed by atoms with Crippen LogP contribution < -0.4 is 5.32 Å². The molecule has 3 nitrogen and oxygen atoms in total. The van der Waals surface area contributed by atoms with Crippen molar-refractivity contribution in [2.45, 2.75) is 24.9 Å². The third-order valence-electron chi connectivity index (χ3n) is 2.58. The lowest BCUT2D eigenvalue weighted by Gasteiger charge is -2.20. The maximum absolute atomic E-state index is 12.3. The topological polar surface area (TPSA) is 40.7 Å². The second kappa shape index (κ2) is 3.84. The highest BCUT2D eigenvalue weighted by atomic mass is 19.4. The Morgan fingerprint density at radius 2 is 2.20 bits per heavy atom. The third kappa shape index (κ3) is 2.31. The van der Waals surface area contributed by atoms with Crippen molar-refractivity contribution in [3.63, 3.8) is 0 Å². The van der Waals surface area contributed by atoms with Crippen molar-refractivity contribution in [3.8, 4) is 0 Å². The molecule has 1 atom stereocenters. The molecule has 0 bridgehead atoms. The minimum atomic E-state index is -4.33. The molecule has 0 amide bonds. The van der Waals surface area contributed by atoms with Gasteiger partial charge in [-0.25, -0.2) is 4.98 Å². The predicted molar refractivity (Wildman–Crippen MR) is 48.4 cm³/mol. The molecule has 2 rings (SSSR count). The molecule has 1 aliphatic rings. The smallest absolute Gasteiger partial charge is 0.338 e. The van der Waals surface area contributed by atoms with E-state index in [-0.39, 0.29) is 5.92 Å². The van der Waals surface area contributed by atoms with E-state index in [0.717, 1.165) is 25.6 Å². The summed E-state index contributed by atoms with van der Waals surface area (Å²) in [5.41, 5.74) is -0.761. The molecular weight excluding hydrogens is 207 g/mol. The number of aromatic nitrogens is 2. The molecule has 2 N–H and O–H groups in total. The largest absolute Gasteiger partial charge is 0.432 e. The Labute approximate surface area is 85.1 Å². The van der Waals surface area contributed by atoms with Gasteiger partial charge in [0.05, 0.1) is 6.20 Å². The fraction of sp³-hybridized carbons (Fsp3) is 0.667. The Morgan fingerprint density at radius 3 is 2.73 bits per heavy atom. The lowest BCUT2D eigenvalue weighted by atomic mass is 9.99. The standard InChI is InChI=1S/C9H12F3N3/c10-9(11,12)7-5-14-8(15-7)6-2-1-3-13-4-6/h5-6,13H,1-4H2,(H,14,15)/t6-/m0/s1. The van der Waals surface area contributed by atoms with Crippen molar-refractivity contribution < 1.29 is 13.2 Å². The average Bonchev–Trinajstić information content (AvgIpc) is 2.67. The van der Waals surface area contributed by atoms with Gasteiger partial charge in [-0.1, -0.05) is 0 Å². The van der Waals surface area contributed by atoms with Crippen molar-refractivity contribution in [2.24, 2.45) is 0 Å². The summed E-state index contributed by atoms with van der Waals surface area (Å²) in [5.74, 6) is 0.518. The monoisotopic (exact) mass is 219 g/mol. The lowest BCUT2D eigenvalue weighted by molar-refractivity contribution is -0.141. The Hall–Kier alpha value is -1.04. The molecular formula is C9H12F3N3. The van der Waals surface area contributed by atoms with E-state index >= 15 is 0 Å². The summed E-state index contributed by atoms with van der Waals surface area (Å²) < 4.78 is 36.8. The molecule has 0 aromatic carbocycles.